The van der Waals surface area contributed by atoms with E-state index in [1.165, 1.54) is 0 Å². The van der Waals surface area contributed by atoms with Crippen molar-refractivity contribution in [3.05, 3.63) is 22.4 Å². The van der Waals surface area contributed by atoms with Gasteiger partial charge in [-0.3, -0.25) is 0 Å². The first-order valence-corrected chi connectivity index (χ1v) is 4.94. The summed E-state index contributed by atoms with van der Waals surface area (Å²) in [4.78, 5) is 2.02. The molecule has 1 aromatic rings. The van der Waals surface area contributed by atoms with Gasteiger partial charge in [-0.2, -0.15) is 11.3 Å². The molecule has 1 rings (SSSR count). The van der Waals surface area contributed by atoms with Gasteiger partial charge >= 0.3 is 0 Å². The van der Waals surface area contributed by atoms with Gasteiger partial charge in [-0.1, -0.05) is 0 Å². The van der Waals surface area contributed by atoms with Crippen LogP contribution in [0.3, 0.4) is 0 Å². The minimum atomic E-state index is -0.369. The fourth-order valence-electron chi connectivity index (χ4n) is 1.00. The van der Waals surface area contributed by atoms with Crippen LogP contribution >= 0.6 is 11.3 Å². The summed E-state index contributed by atoms with van der Waals surface area (Å²) in [6.07, 6.45) is -0.369. The molecule has 0 aromatic carbocycles. The third kappa shape index (κ3) is 2.06. The van der Waals surface area contributed by atoms with Crippen LogP contribution < -0.4 is 0 Å². The molecule has 0 spiro atoms. The lowest BCUT2D eigenvalue weighted by Gasteiger charge is -2.24. The van der Waals surface area contributed by atoms with Crippen molar-refractivity contribution < 1.29 is 5.11 Å². The summed E-state index contributed by atoms with van der Waals surface area (Å²) in [5.41, 5.74) is 1.02. The molecule has 0 aliphatic rings. The molecule has 1 aromatic heterocycles. The molecule has 0 bridgehead atoms. The SMILES string of the molecule is C[C@H]([C@@H](O)c1ccsc1)N(C)C. The number of thiophene rings is 1. The van der Waals surface area contributed by atoms with Gasteiger partial charge in [-0.05, 0) is 43.4 Å². The highest BCUT2D eigenvalue weighted by molar-refractivity contribution is 7.07. The van der Waals surface area contributed by atoms with Crippen LogP contribution in [0.4, 0.5) is 0 Å². The molecule has 2 atom stereocenters. The fourth-order valence-corrected chi connectivity index (χ4v) is 1.69. The Kier molecular flexibility index (Phi) is 3.26. The molecule has 1 N–H and O–H groups in total. The van der Waals surface area contributed by atoms with Crippen molar-refractivity contribution in [1.82, 2.24) is 4.90 Å². The summed E-state index contributed by atoms with van der Waals surface area (Å²) >= 11 is 1.62. The largest absolute Gasteiger partial charge is 0.387 e. The van der Waals surface area contributed by atoms with E-state index >= 15 is 0 Å². The van der Waals surface area contributed by atoms with E-state index in [0.29, 0.717) is 0 Å². The zero-order chi connectivity index (χ0) is 9.14. The van der Waals surface area contributed by atoms with Crippen LogP contribution in [0.5, 0.6) is 0 Å². The first-order chi connectivity index (χ1) is 5.63. The normalized spacial score (nSPS) is 16.4. The Hall–Kier alpha value is -0.380. The summed E-state index contributed by atoms with van der Waals surface area (Å²) in [5, 5.41) is 13.8. The van der Waals surface area contributed by atoms with Crippen molar-refractivity contribution in [2.45, 2.75) is 19.1 Å². The van der Waals surface area contributed by atoms with Crippen LogP contribution in [-0.2, 0) is 0 Å². The van der Waals surface area contributed by atoms with Crippen LogP contribution in [-0.4, -0.2) is 30.1 Å². The lowest BCUT2D eigenvalue weighted by Crippen LogP contribution is -2.30. The highest BCUT2D eigenvalue weighted by Crippen LogP contribution is 2.21. The van der Waals surface area contributed by atoms with Gasteiger partial charge in [0.2, 0.25) is 0 Å². The molecule has 0 aliphatic carbocycles. The van der Waals surface area contributed by atoms with Gasteiger partial charge in [-0.15, -0.1) is 0 Å². The number of likely N-dealkylation sites (N-methyl/N-ethyl adjacent to an activating group) is 1. The number of rotatable bonds is 3. The monoisotopic (exact) mass is 185 g/mol. The van der Waals surface area contributed by atoms with Crippen LogP contribution in [0.15, 0.2) is 16.8 Å². The number of aliphatic hydroxyl groups is 1. The van der Waals surface area contributed by atoms with E-state index in [1.54, 1.807) is 11.3 Å². The molecule has 3 heteroatoms. The van der Waals surface area contributed by atoms with Crippen molar-refractivity contribution in [3.8, 4) is 0 Å². The second-order valence-electron chi connectivity index (χ2n) is 3.21. The number of hydrogen-bond acceptors (Lipinski definition) is 3. The highest BCUT2D eigenvalue weighted by Gasteiger charge is 2.17. The molecule has 2 nitrogen and oxygen atoms in total. The molecular weight excluding hydrogens is 170 g/mol. The van der Waals surface area contributed by atoms with Gasteiger partial charge in [0.15, 0.2) is 0 Å². The summed E-state index contributed by atoms with van der Waals surface area (Å²) in [6.45, 7) is 2.02. The van der Waals surface area contributed by atoms with Crippen molar-refractivity contribution >= 4 is 11.3 Å². The topological polar surface area (TPSA) is 23.5 Å². The third-order valence-electron chi connectivity index (χ3n) is 2.16. The Morgan fingerprint density at radius 2 is 2.17 bits per heavy atom. The zero-order valence-corrected chi connectivity index (χ0v) is 8.51. The molecule has 0 aliphatic heterocycles. The number of nitrogens with zero attached hydrogens (tertiary/aromatic N) is 1. The average Bonchev–Trinajstić information content (AvgIpc) is 2.53. The second kappa shape index (κ2) is 4.03. The van der Waals surface area contributed by atoms with Gasteiger partial charge in [0.25, 0.3) is 0 Å². The molecule has 0 saturated carbocycles. The lowest BCUT2D eigenvalue weighted by atomic mass is 10.1. The van der Waals surface area contributed by atoms with Gasteiger partial charge in [0.1, 0.15) is 0 Å². The van der Waals surface area contributed by atoms with Crippen molar-refractivity contribution in [3.63, 3.8) is 0 Å². The minimum absolute atomic E-state index is 0.166. The number of aliphatic hydroxyl groups excluding tert-OH is 1. The van der Waals surface area contributed by atoms with Crippen molar-refractivity contribution in [2.75, 3.05) is 14.1 Å². The maximum atomic E-state index is 9.81. The summed E-state index contributed by atoms with van der Waals surface area (Å²) in [7, 11) is 3.94. The first-order valence-electron chi connectivity index (χ1n) is 3.99. The smallest absolute Gasteiger partial charge is 0.0950 e. The molecule has 0 unspecified atom stereocenters. The molecule has 0 amide bonds. The second-order valence-corrected chi connectivity index (χ2v) is 3.99. The van der Waals surface area contributed by atoms with Crippen LogP contribution in [0, 0.1) is 0 Å². The Labute approximate surface area is 77.5 Å². The zero-order valence-electron chi connectivity index (χ0n) is 7.69. The Balaban J connectivity index is 2.65. The van der Waals surface area contributed by atoms with Crippen LogP contribution in [0.2, 0.25) is 0 Å². The molecular formula is C9H15NOS. The molecule has 68 valence electrons. The van der Waals surface area contributed by atoms with E-state index < -0.39 is 0 Å². The maximum absolute atomic E-state index is 9.81. The first kappa shape index (κ1) is 9.71. The van der Waals surface area contributed by atoms with Gasteiger partial charge in [0.05, 0.1) is 6.10 Å². The molecule has 12 heavy (non-hydrogen) atoms. The Morgan fingerprint density at radius 3 is 2.58 bits per heavy atom. The van der Waals surface area contributed by atoms with E-state index in [1.807, 2.05) is 42.7 Å². The highest BCUT2D eigenvalue weighted by atomic mass is 32.1. The molecule has 0 saturated heterocycles. The molecule has 0 radical (unpaired) electrons. The summed E-state index contributed by atoms with van der Waals surface area (Å²) in [6, 6.07) is 2.13. The van der Waals surface area contributed by atoms with Crippen molar-refractivity contribution in [2.24, 2.45) is 0 Å². The van der Waals surface area contributed by atoms with Gasteiger partial charge in [-0.25, -0.2) is 0 Å². The fraction of sp³-hybridized carbons (Fsp3) is 0.556. The van der Waals surface area contributed by atoms with Gasteiger partial charge in [0, 0.05) is 6.04 Å². The van der Waals surface area contributed by atoms with E-state index in [-0.39, 0.29) is 12.1 Å². The van der Waals surface area contributed by atoms with Crippen LogP contribution in [0.1, 0.15) is 18.6 Å². The lowest BCUT2D eigenvalue weighted by molar-refractivity contribution is 0.0862. The summed E-state index contributed by atoms with van der Waals surface area (Å²) < 4.78 is 0. The number of hydrogen-bond donors (Lipinski definition) is 1. The van der Waals surface area contributed by atoms with E-state index in [9.17, 15) is 5.11 Å². The Bertz CT molecular complexity index is 220. The van der Waals surface area contributed by atoms with E-state index in [4.69, 9.17) is 0 Å². The minimum Gasteiger partial charge on any atom is -0.387 e. The van der Waals surface area contributed by atoms with Crippen LogP contribution in [0.25, 0.3) is 0 Å². The average molecular weight is 185 g/mol. The molecule has 1 heterocycles. The predicted octanol–water partition coefficient (Wildman–Crippen LogP) is 1.73. The maximum Gasteiger partial charge on any atom is 0.0950 e. The Morgan fingerprint density at radius 1 is 1.50 bits per heavy atom. The third-order valence-corrected chi connectivity index (χ3v) is 2.86. The predicted molar refractivity (Wildman–Crippen MR) is 52.4 cm³/mol. The standard InChI is InChI=1S/C9H15NOS/c1-7(10(2)3)9(11)8-4-5-12-6-8/h4-7,9,11H,1-3H3/t7-,9-/m1/s1. The summed E-state index contributed by atoms with van der Waals surface area (Å²) in [5.74, 6) is 0. The van der Waals surface area contributed by atoms with Crippen molar-refractivity contribution in [1.29, 1.82) is 0 Å². The quantitative estimate of drug-likeness (QED) is 0.775. The van der Waals surface area contributed by atoms with Gasteiger partial charge < -0.3 is 10.0 Å². The van der Waals surface area contributed by atoms with E-state index in [0.717, 1.165) is 5.56 Å². The molecule has 0 fully saturated rings. The van der Waals surface area contributed by atoms with E-state index in [2.05, 4.69) is 0 Å².